The van der Waals surface area contributed by atoms with Crippen molar-refractivity contribution in [2.24, 2.45) is 0 Å². The molecule has 0 saturated heterocycles. The number of aromatic amines is 1. The number of rotatable bonds is 13. The first kappa shape index (κ1) is 37.3. The molecule has 0 aliphatic rings. The van der Waals surface area contributed by atoms with E-state index in [1.807, 2.05) is 0 Å². The molecule has 5 aromatic rings. The summed E-state index contributed by atoms with van der Waals surface area (Å²) in [5, 5.41) is 59.4. The van der Waals surface area contributed by atoms with Crippen molar-refractivity contribution in [2.75, 3.05) is 18.0 Å². The van der Waals surface area contributed by atoms with Crippen molar-refractivity contribution in [2.45, 2.75) is 6.92 Å². The normalized spacial score (nSPS) is 10.7. The van der Waals surface area contributed by atoms with E-state index in [0.717, 1.165) is 50.5 Å². The maximum Gasteiger partial charge on any atom is 0.335 e. The van der Waals surface area contributed by atoms with Crippen LogP contribution in [0.5, 0.6) is 0 Å². The summed E-state index contributed by atoms with van der Waals surface area (Å²) in [7, 11) is 0. The molecule has 2 aromatic heterocycles. The molecule has 0 atom stereocenters. The molecule has 18 nitrogen and oxygen atoms in total. The van der Waals surface area contributed by atoms with Gasteiger partial charge in [0.25, 0.3) is 11.1 Å². The number of hydrogen-bond acceptors (Lipinski definition) is 9. The quantitative estimate of drug-likeness (QED) is 0.0855. The minimum absolute atomic E-state index is 0.0566. The number of benzene rings is 3. The molecule has 0 bridgehead atoms. The highest BCUT2D eigenvalue weighted by atomic mass is 16.4. The fourth-order valence-corrected chi connectivity index (χ4v) is 5.58. The Balaban J connectivity index is 1.76. The summed E-state index contributed by atoms with van der Waals surface area (Å²) in [5.74, 6) is -8.57. The summed E-state index contributed by atoms with van der Waals surface area (Å²) in [6.07, 6.45) is 2.61. The molecule has 0 unspecified atom stereocenters. The Bertz CT molecular complexity index is 2540. The average Bonchev–Trinajstić information content (AvgIpc) is 3.45. The Morgan fingerprint density at radius 3 is 1.57 bits per heavy atom. The Labute approximate surface area is 300 Å². The summed E-state index contributed by atoms with van der Waals surface area (Å²) >= 11 is 0. The first-order valence-corrected chi connectivity index (χ1v) is 15.3. The summed E-state index contributed by atoms with van der Waals surface area (Å²) in [5.41, 5.74) is -1.12. The van der Waals surface area contributed by atoms with Gasteiger partial charge >= 0.3 is 35.8 Å². The zero-order valence-electron chi connectivity index (χ0n) is 27.6. The SMILES string of the molecule is Cc1c(C=C=Cc2ccc(N(CC(=O)O)CC(=O)O)cc2)c(=O)n(-c2cc(C(=O)O)cc(C(=O)O)c2)c2[nH]n(-c3cc(C(=O)O)cc(C(=O)O)c3)c(=O)c12. The summed E-state index contributed by atoms with van der Waals surface area (Å²) in [6, 6.07) is 11.7. The van der Waals surface area contributed by atoms with E-state index in [-0.39, 0.29) is 33.5 Å². The Morgan fingerprint density at radius 2 is 1.13 bits per heavy atom. The van der Waals surface area contributed by atoms with Crippen LogP contribution in [0.4, 0.5) is 5.69 Å². The van der Waals surface area contributed by atoms with Crippen LogP contribution in [0.2, 0.25) is 0 Å². The van der Waals surface area contributed by atoms with Crippen molar-refractivity contribution < 1.29 is 59.4 Å². The molecule has 0 fully saturated rings. The topological polar surface area (TPSA) is 287 Å². The number of pyridine rings is 1. The number of aromatic carboxylic acids is 4. The first-order valence-electron chi connectivity index (χ1n) is 15.3. The van der Waals surface area contributed by atoms with Crippen LogP contribution in [0.3, 0.4) is 0 Å². The van der Waals surface area contributed by atoms with Gasteiger partial charge in [0.15, 0.2) is 0 Å². The van der Waals surface area contributed by atoms with Crippen LogP contribution < -0.4 is 16.0 Å². The molecule has 7 N–H and O–H groups in total. The maximum atomic E-state index is 14.2. The Morgan fingerprint density at radius 1 is 0.667 bits per heavy atom. The second-order valence-corrected chi connectivity index (χ2v) is 11.6. The number of fused-ring (bicyclic) bond motifs is 1. The van der Waals surface area contributed by atoms with Crippen molar-refractivity contribution in [3.63, 3.8) is 0 Å². The molecule has 18 heteroatoms. The van der Waals surface area contributed by atoms with E-state index in [0.29, 0.717) is 11.3 Å². The molecule has 54 heavy (non-hydrogen) atoms. The molecule has 0 spiro atoms. The predicted molar refractivity (Wildman–Crippen MR) is 188 cm³/mol. The van der Waals surface area contributed by atoms with Gasteiger partial charge in [0, 0.05) is 5.69 Å². The van der Waals surface area contributed by atoms with E-state index >= 15 is 0 Å². The highest BCUT2D eigenvalue weighted by molar-refractivity contribution is 5.96. The number of aryl methyl sites for hydroxylation is 1. The third kappa shape index (κ3) is 7.53. The third-order valence-electron chi connectivity index (χ3n) is 8.04. The van der Waals surface area contributed by atoms with Crippen LogP contribution >= 0.6 is 0 Å². The Hall–Kier alpha value is -7.98. The zero-order chi connectivity index (χ0) is 39.6. The number of nitrogens with zero attached hydrogens (tertiary/aromatic N) is 3. The standard InChI is InChI=1S/C36H26N4O14/c1-17-26(4-2-3-18-5-7-23(8-6-18)38(15-27(41)42)16-28(43)44)31(45)39(24-11-19(33(47)48)9-20(12-24)34(49)50)30-29(17)32(46)40(37-30)25-13-21(35(51)52)10-22(14-25)36(53)54/h3-14,37H,15-16H2,1H3,(H,41,42)(H,43,44)(H,47,48)(H,49,50)(H,51,52)(H,53,54). The van der Waals surface area contributed by atoms with Crippen LogP contribution in [0.15, 0.2) is 76.0 Å². The molecule has 2 heterocycles. The molecule has 0 aliphatic heterocycles. The molecular formula is C36H26N4O14. The van der Waals surface area contributed by atoms with Crippen molar-refractivity contribution in [1.82, 2.24) is 14.3 Å². The molecule has 0 amide bonds. The van der Waals surface area contributed by atoms with Gasteiger partial charge in [-0.2, -0.15) is 0 Å². The van der Waals surface area contributed by atoms with Gasteiger partial charge in [-0.25, -0.2) is 23.9 Å². The molecule has 3 aromatic carbocycles. The van der Waals surface area contributed by atoms with Crippen LogP contribution in [0, 0.1) is 6.92 Å². The van der Waals surface area contributed by atoms with E-state index in [1.165, 1.54) is 43.3 Å². The summed E-state index contributed by atoms with van der Waals surface area (Å²) in [4.78, 5) is 99.4. The van der Waals surface area contributed by atoms with Gasteiger partial charge < -0.3 is 35.5 Å². The maximum absolute atomic E-state index is 14.2. The number of carboxylic acids is 6. The number of anilines is 1. The fourth-order valence-electron chi connectivity index (χ4n) is 5.58. The van der Waals surface area contributed by atoms with Crippen molar-refractivity contribution in [3.8, 4) is 11.4 Å². The zero-order valence-corrected chi connectivity index (χ0v) is 27.6. The lowest BCUT2D eigenvalue weighted by Crippen LogP contribution is -2.34. The summed E-state index contributed by atoms with van der Waals surface area (Å²) in [6.45, 7) is 0.249. The van der Waals surface area contributed by atoms with Crippen LogP contribution in [0.25, 0.3) is 34.6 Å². The van der Waals surface area contributed by atoms with E-state index in [4.69, 9.17) is 10.2 Å². The minimum atomic E-state index is -1.53. The number of carboxylic acid groups (broad SMARTS) is 6. The molecule has 5 rings (SSSR count). The molecule has 0 saturated carbocycles. The largest absolute Gasteiger partial charge is 0.480 e. The monoisotopic (exact) mass is 738 g/mol. The van der Waals surface area contributed by atoms with Gasteiger partial charge in [-0.1, -0.05) is 12.1 Å². The van der Waals surface area contributed by atoms with Crippen LogP contribution in [-0.4, -0.2) is 93.9 Å². The van der Waals surface area contributed by atoms with E-state index in [1.54, 1.807) is 0 Å². The molecular weight excluding hydrogens is 712 g/mol. The summed E-state index contributed by atoms with van der Waals surface area (Å²) < 4.78 is 1.63. The van der Waals surface area contributed by atoms with Gasteiger partial charge in [0.2, 0.25) is 0 Å². The fraction of sp³-hybridized carbons (Fsp3) is 0.0833. The van der Waals surface area contributed by atoms with E-state index in [2.05, 4.69) is 10.8 Å². The molecule has 274 valence electrons. The number of carbonyl (C=O) groups is 6. The number of H-pyrrole nitrogens is 1. The lowest BCUT2D eigenvalue weighted by atomic mass is 10.1. The number of nitrogens with one attached hydrogen (secondary N) is 1. The number of aromatic nitrogens is 3. The third-order valence-corrected chi connectivity index (χ3v) is 8.04. The minimum Gasteiger partial charge on any atom is -0.480 e. The van der Waals surface area contributed by atoms with Gasteiger partial charge in [-0.05, 0) is 78.7 Å². The lowest BCUT2D eigenvalue weighted by molar-refractivity contribution is -0.136. The van der Waals surface area contributed by atoms with Crippen molar-refractivity contribution in [1.29, 1.82) is 0 Å². The second-order valence-electron chi connectivity index (χ2n) is 11.6. The van der Waals surface area contributed by atoms with Crippen LogP contribution in [-0.2, 0) is 9.59 Å². The first-order chi connectivity index (χ1) is 25.5. The lowest BCUT2D eigenvalue weighted by Gasteiger charge is -2.20. The van der Waals surface area contributed by atoms with E-state index in [9.17, 15) is 58.8 Å². The van der Waals surface area contributed by atoms with Crippen LogP contribution in [0.1, 0.15) is 58.1 Å². The van der Waals surface area contributed by atoms with E-state index < -0.39 is 82.3 Å². The smallest absolute Gasteiger partial charge is 0.335 e. The average molecular weight is 739 g/mol. The van der Waals surface area contributed by atoms with Gasteiger partial charge in [-0.15, -0.1) is 5.73 Å². The Kier molecular flexibility index (Phi) is 10.2. The molecule has 0 aliphatic carbocycles. The van der Waals surface area contributed by atoms with Gasteiger partial charge in [0.1, 0.15) is 18.7 Å². The van der Waals surface area contributed by atoms with Gasteiger partial charge in [0.05, 0.1) is 44.6 Å². The van der Waals surface area contributed by atoms with Gasteiger partial charge in [-0.3, -0.25) is 28.8 Å². The predicted octanol–water partition coefficient (Wildman–Crippen LogP) is 2.87. The van der Waals surface area contributed by atoms with Crippen molar-refractivity contribution in [3.05, 3.63) is 126 Å². The molecule has 0 radical (unpaired) electrons. The highest BCUT2D eigenvalue weighted by Crippen LogP contribution is 2.24. The highest BCUT2D eigenvalue weighted by Gasteiger charge is 2.24. The number of hydrogen-bond donors (Lipinski definition) is 7. The van der Waals surface area contributed by atoms with Crippen molar-refractivity contribution >= 4 is 64.7 Å². The number of aliphatic carboxylic acids is 2. The second kappa shape index (κ2) is 14.7.